The maximum Gasteiger partial charge on any atom is 0.101 e. The van der Waals surface area contributed by atoms with Crippen LogP contribution in [-0.2, 0) is 6.42 Å². The van der Waals surface area contributed by atoms with Crippen LogP contribution >= 0.6 is 0 Å². The van der Waals surface area contributed by atoms with Gasteiger partial charge in [-0.05, 0) is 31.4 Å². The summed E-state index contributed by atoms with van der Waals surface area (Å²) in [6.45, 7) is 5.48. The van der Waals surface area contributed by atoms with Crippen LogP contribution in [0.3, 0.4) is 0 Å². The summed E-state index contributed by atoms with van der Waals surface area (Å²) >= 11 is 0. The minimum atomic E-state index is 0.528. The van der Waals surface area contributed by atoms with Gasteiger partial charge in [-0.15, -0.1) is 0 Å². The number of para-hydroxylation sites is 1. The monoisotopic (exact) mass is 200 g/mol. The second-order valence-electron chi connectivity index (χ2n) is 4.13. The Morgan fingerprint density at radius 2 is 2.33 bits per heavy atom. The molecule has 0 spiro atoms. The predicted molar refractivity (Wildman–Crippen MR) is 62.0 cm³/mol. The molecule has 0 aliphatic carbocycles. The Balaban J connectivity index is 2.45. The average molecular weight is 200 g/mol. The van der Waals surface area contributed by atoms with E-state index in [0.29, 0.717) is 6.04 Å². The average Bonchev–Trinajstić information content (AvgIpc) is 2.71. The van der Waals surface area contributed by atoms with Crippen molar-refractivity contribution in [2.45, 2.75) is 32.7 Å². The fourth-order valence-electron chi connectivity index (χ4n) is 2.24. The topological polar surface area (TPSA) is 27.0 Å². The third-order valence-electron chi connectivity index (χ3n) is 3.27. The summed E-state index contributed by atoms with van der Waals surface area (Å²) in [4.78, 5) is 2.37. The van der Waals surface area contributed by atoms with E-state index < -0.39 is 0 Å². The maximum absolute atomic E-state index is 9.10. The van der Waals surface area contributed by atoms with Crippen molar-refractivity contribution in [3.8, 4) is 6.07 Å². The van der Waals surface area contributed by atoms with Gasteiger partial charge in [0, 0.05) is 12.6 Å². The van der Waals surface area contributed by atoms with Gasteiger partial charge in [0.05, 0.1) is 11.3 Å². The molecule has 0 saturated carbocycles. The van der Waals surface area contributed by atoms with Gasteiger partial charge in [0.15, 0.2) is 0 Å². The van der Waals surface area contributed by atoms with E-state index in [1.807, 2.05) is 12.1 Å². The smallest absolute Gasteiger partial charge is 0.101 e. The van der Waals surface area contributed by atoms with E-state index in [9.17, 15) is 0 Å². The molecule has 15 heavy (non-hydrogen) atoms. The van der Waals surface area contributed by atoms with Gasteiger partial charge in [0.25, 0.3) is 0 Å². The number of anilines is 1. The Hall–Kier alpha value is -1.49. The van der Waals surface area contributed by atoms with Crippen LogP contribution in [0.4, 0.5) is 5.69 Å². The molecule has 78 valence electrons. The first-order valence-electron chi connectivity index (χ1n) is 5.56. The van der Waals surface area contributed by atoms with Crippen LogP contribution in [0.1, 0.15) is 31.4 Å². The van der Waals surface area contributed by atoms with Crippen molar-refractivity contribution in [3.05, 3.63) is 29.3 Å². The summed E-state index contributed by atoms with van der Waals surface area (Å²) in [6.07, 6.45) is 2.20. The SMILES string of the molecule is CCC(C)N1CCc2cccc(C#N)c21. The van der Waals surface area contributed by atoms with Crippen molar-refractivity contribution in [2.24, 2.45) is 0 Å². The van der Waals surface area contributed by atoms with Crippen LogP contribution in [0.25, 0.3) is 0 Å². The van der Waals surface area contributed by atoms with Crippen molar-refractivity contribution in [1.29, 1.82) is 5.26 Å². The van der Waals surface area contributed by atoms with E-state index in [2.05, 4.69) is 30.9 Å². The van der Waals surface area contributed by atoms with Gasteiger partial charge in [0.2, 0.25) is 0 Å². The molecule has 1 aromatic rings. The first kappa shape index (κ1) is 10.0. The highest BCUT2D eigenvalue weighted by atomic mass is 15.2. The number of benzene rings is 1. The molecule has 0 bridgehead atoms. The summed E-state index contributed by atoms with van der Waals surface area (Å²) in [7, 11) is 0. The predicted octanol–water partition coefficient (Wildman–Crippen LogP) is 2.72. The number of nitrogens with zero attached hydrogens (tertiary/aromatic N) is 2. The lowest BCUT2D eigenvalue weighted by Crippen LogP contribution is -2.31. The van der Waals surface area contributed by atoms with Gasteiger partial charge in [-0.1, -0.05) is 19.1 Å². The van der Waals surface area contributed by atoms with Gasteiger partial charge in [-0.25, -0.2) is 0 Å². The van der Waals surface area contributed by atoms with Crippen LogP contribution in [-0.4, -0.2) is 12.6 Å². The molecule has 1 aliphatic heterocycles. The van der Waals surface area contributed by atoms with Crippen molar-refractivity contribution < 1.29 is 0 Å². The molecule has 0 fully saturated rings. The largest absolute Gasteiger partial charge is 0.367 e. The molecule has 0 saturated heterocycles. The standard InChI is InChI=1S/C13H16N2/c1-3-10(2)15-8-7-11-5-4-6-12(9-14)13(11)15/h4-6,10H,3,7-8H2,1-2H3. The molecule has 2 heteroatoms. The van der Waals surface area contributed by atoms with Gasteiger partial charge in [-0.3, -0.25) is 0 Å². The number of nitriles is 1. The number of fused-ring (bicyclic) bond motifs is 1. The fraction of sp³-hybridized carbons (Fsp3) is 0.462. The number of rotatable bonds is 2. The van der Waals surface area contributed by atoms with Crippen molar-refractivity contribution in [2.75, 3.05) is 11.4 Å². The third kappa shape index (κ3) is 1.59. The third-order valence-corrected chi connectivity index (χ3v) is 3.27. The van der Waals surface area contributed by atoms with Crippen LogP contribution < -0.4 is 4.90 Å². The second kappa shape index (κ2) is 3.94. The lowest BCUT2D eigenvalue weighted by molar-refractivity contribution is 0.635. The van der Waals surface area contributed by atoms with Crippen molar-refractivity contribution >= 4 is 5.69 Å². The van der Waals surface area contributed by atoms with Gasteiger partial charge >= 0.3 is 0 Å². The van der Waals surface area contributed by atoms with E-state index in [-0.39, 0.29) is 0 Å². The molecule has 1 aliphatic rings. The van der Waals surface area contributed by atoms with Crippen LogP contribution in [0, 0.1) is 11.3 Å². The molecular formula is C13H16N2. The molecule has 0 N–H and O–H groups in total. The first-order chi connectivity index (χ1) is 7.27. The molecule has 2 rings (SSSR count). The highest BCUT2D eigenvalue weighted by molar-refractivity contribution is 5.67. The molecule has 2 nitrogen and oxygen atoms in total. The number of hydrogen-bond acceptors (Lipinski definition) is 2. The Kier molecular flexibility index (Phi) is 2.64. The van der Waals surface area contributed by atoms with Crippen LogP contribution in [0.2, 0.25) is 0 Å². The first-order valence-corrected chi connectivity index (χ1v) is 5.56. The minimum Gasteiger partial charge on any atom is -0.367 e. The lowest BCUT2D eigenvalue weighted by Gasteiger charge is -2.26. The van der Waals surface area contributed by atoms with E-state index in [1.165, 1.54) is 11.3 Å². The molecule has 1 heterocycles. The lowest BCUT2D eigenvalue weighted by atomic mass is 10.1. The van der Waals surface area contributed by atoms with Crippen molar-refractivity contribution in [3.63, 3.8) is 0 Å². The van der Waals surface area contributed by atoms with Crippen LogP contribution in [0.5, 0.6) is 0 Å². The quantitative estimate of drug-likeness (QED) is 0.734. The molecule has 0 aromatic heterocycles. The Bertz CT molecular complexity index is 403. The molecule has 1 atom stereocenters. The van der Waals surface area contributed by atoms with Gasteiger partial charge in [0.1, 0.15) is 6.07 Å². The zero-order valence-corrected chi connectivity index (χ0v) is 9.33. The van der Waals surface area contributed by atoms with E-state index >= 15 is 0 Å². The van der Waals surface area contributed by atoms with E-state index in [4.69, 9.17) is 5.26 Å². The van der Waals surface area contributed by atoms with Crippen LogP contribution in [0.15, 0.2) is 18.2 Å². The molecular weight excluding hydrogens is 184 g/mol. The maximum atomic E-state index is 9.10. The van der Waals surface area contributed by atoms with Gasteiger partial charge < -0.3 is 4.90 Å². The summed E-state index contributed by atoms with van der Waals surface area (Å²) in [6, 6.07) is 8.86. The minimum absolute atomic E-state index is 0.528. The molecule has 1 aromatic carbocycles. The summed E-state index contributed by atoms with van der Waals surface area (Å²) in [5.41, 5.74) is 3.33. The molecule has 0 amide bonds. The Labute approximate surface area is 91.1 Å². The second-order valence-corrected chi connectivity index (χ2v) is 4.13. The van der Waals surface area contributed by atoms with E-state index in [0.717, 1.165) is 24.9 Å². The summed E-state index contributed by atoms with van der Waals surface area (Å²) < 4.78 is 0. The Morgan fingerprint density at radius 3 is 3.00 bits per heavy atom. The molecule has 1 unspecified atom stereocenters. The fourth-order valence-corrected chi connectivity index (χ4v) is 2.24. The van der Waals surface area contributed by atoms with Crippen molar-refractivity contribution in [1.82, 2.24) is 0 Å². The summed E-state index contributed by atoms with van der Waals surface area (Å²) in [5, 5.41) is 9.10. The highest BCUT2D eigenvalue weighted by Gasteiger charge is 2.24. The zero-order chi connectivity index (χ0) is 10.8. The molecule has 0 radical (unpaired) electrons. The Morgan fingerprint density at radius 1 is 1.53 bits per heavy atom. The zero-order valence-electron chi connectivity index (χ0n) is 9.33. The summed E-state index contributed by atoms with van der Waals surface area (Å²) in [5.74, 6) is 0. The van der Waals surface area contributed by atoms with E-state index in [1.54, 1.807) is 0 Å². The number of hydrogen-bond donors (Lipinski definition) is 0. The van der Waals surface area contributed by atoms with Gasteiger partial charge in [-0.2, -0.15) is 5.26 Å². The normalized spacial score (nSPS) is 15.9. The highest BCUT2D eigenvalue weighted by Crippen LogP contribution is 2.33.